The second kappa shape index (κ2) is 8.18. The molecule has 0 radical (unpaired) electrons. The number of hydrogen-bond acceptors (Lipinski definition) is 7. The fraction of sp³-hybridized carbons (Fsp3) is 0.217. The Morgan fingerprint density at radius 1 is 1.03 bits per heavy atom. The highest BCUT2D eigenvalue weighted by molar-refractivity contribution is 5.94. The molecule has 1 fully saturated rings. The summed E-state index contributed by atoms with van der Waals surface area (Å²) in [6, 6.07) is 16.8. The van der Waals surface area contributed by atoms with Crippen LogP contribution in [0.1, 0.15) is 22.3 Å². The molecular formula is C23H21N5O4. The number of benzene rings is 2. The molecule has 1 aliphatic heterocycles. The molecule has 9 heteroatoms. The van der Waals surface area contributed by atoms with Crippen LogP contribution in [0.25, 0.3) is 22.6 Å². The van der Waals surface area contributed by atoms with Crippen molar-refractivity contribution >= 4 is 5.91 Å². The van der Waals surface area contributed by atoms with E-state index in [1.807, 2.05) is 48.5 Å². The average molecular weight is 431 g/mol. The molecular weight excluding hydrogens is 410 g/mol. The van der Waals surface area contributed by atoms with E-state index in [1.165, 1.54) is 0 Å². The Morgan fingerprint density at radius 3 is 2.41 bits per heavy atom. The number of nitrogens with zero attached hydrogens (tertiary/aromatic N) is 4. The number of rotatable bonds is 6. The van der Waals surface area contributed by atoms with Crippen LogP contribution in [0.4, 0.5) is 0 Å². The van der Waals surface area contributed by atoms with Crippen LogP contribution in [-0.2, 0) is 0 Å². The number of nitrogens with one attached hydrogen (secondary N) is 1. The van der Waals surface area contributed by atoms with E-state index in [1.54, 1.807) is 25.2 Å². The van der Waals surface area contributed by atoms with Crippen LogP contribution >= 0.6 is 0 Å². The summed E-state index contributed by atoms with van der Waals surface area (Å²) in [7, 11) is 3.21. The summed E-state index contributed by atoms with van der Waals surface area (Å²) in [5.41, 5.74) is 2.66. The second-order valence-corrected chi connectivity index (χ2v) is 7.43. The van der Waals surface area contributed by atoms with Crippen molar-refractivity contribution in [1.29, 1.82) is 0 Å². The topological polar surface area (TPSA) is 106 Å². The summed E-state index contributed by atoms with van der Waals surface area (Å²) in [5.74, 6) is 2.22. The van der Waals surface area contributed by atoms with Crippen LogP contribution in [0, 0.1) is 0 Å². The summed E-state index contributed by atoms with van der Waals surface area (Å²) in [6.07, 6.45) is 0. The van der Waals surface area contributed by atoms with Crippen LogP contribution < -0.4 is 9.47 Å². The van der Waals surface area contributed by atoms with Crippen LogP contribution in [-0.4, -0.2) is 58.5 Å². The lowest BCUT2D eigenvalue weighted by Crippen LogP contribution is -2.48. The van der Waals surface area contributed by atoms with Crippen LogP contribution in [0.2, 0.25) is 0 Å². The maximum Gasteiger partial charge on any atom is 0.271 e. The Morgan fingerprint density at radius 2 is 1.69 bits per heavy atom. The average Bonchev–Trinajstić information content (AvgIpc) is 3.48. The summed E-state index contributed by atoms with van der Waals surface area (Å²) in [6.45, 7) is 0.991. The molecule has 0 atom stereocenters. The minimum Gasteiger partial charge on any atom is -0.496 e. The molecule has 5 rings (SSSR count). The highest BCUT2D eigenvalue weighted by Crippen LogP contribution is 2.32. The number of aromatic nitrogens is 4. The quantitative estimate of drug-likeness (QED) is 0.499. The van der Waals surface area contributed by atoms with Gasteiger partial charge in [0, 0.05) is 18.7 Å². The number of carbonyl (C=O) groups excluding carboxylic acids is 1. The number of aromatic amines is 1. The summed E-state index contributed by atoms with van der Waals surface area (Å²) < 4.78 is 16.2. The number of methoxy groups -OCH3 is 2. The van der Waals surface area contributed by atoms with Crippen molar-refractivity contribution in [3.05, 3.63) is 66.2 Å². The number of para-hydroxylation sites is 2. The van der Waals surface area contributed by atoms with E-state index in [4.69, 9.17) is 14.0 Å². The predicted molar refractivity (Wildman–Crippen MR) is 116 cm³/mol. The zero-order valence-corrected chi connectivity index (χ0v) is 17.6. The normalized spacial score (nSPS) is 13.6. The fourth-order valence-electron chi connectivity index (χ4n) is 3.74. The first-order chi connectivity index (χ1) is 15.7. The molecule has 2 aromatic carbocycles. The van der Waals surface area contributed by atoms with Crippen LogP contribution in [0.15, 0.2) is 59.1 Å². The monoisotopic (exact) mass is 431 g/mol. The Labute approximate surface area is 184 Å². The van der Waals surface area contributed by atoms with E-state index in [2.05, 4.69) is 20.3 Å². The molecule has 0 unspecified atom stereocenters. The van der Waals surface area contributed by atoms with Crippen molar-refractivity contribution in [3.8, 4) is 34.1 Å². The molecule has 1 saturated heterocycles. The van der Waals surface area contributed by atoms with E-state index < -0.39 is 0 Å². The highest BCUT2D eigenvalue weighted by Gasteiger charge is 2.37. The molecule has 4 aromatic rings. The molecule has 9 nitrogen and oxygen atoms in total. The van der Waals surface area contributed by atoms with Crippen molar-refractivity contribution < 1.29 is 18.8 Å². The van der Waals surface area contributed by atoms with Gasteiger partial charge in [0.2, 0.25) is 11.7 Å². The molecule has 1 N–H and O–H groups in total. The van der Waals surface area contributed by atoms with Crippen molar-refractivity contribution in [2.45, 2.75) is 5.92 Å². The van der Waals surface area contributed by atoms with Gasteiger partial charge in [-0.1, -0.05) is 29.4 Å². The zero-order valence-electron chi connectivity index (χ0n) is 17.6. The van der Waals surface area contributed by atoms with Gasteiger partial charge in [-0.05, 0) is 30.3 Å². The first kappa shape index (κ1) is 19.8. The van der Waals surface area contributed by atoms with Gasteiger partial charge >= 0.3 is 0 Å². The van der Waals surface area contributed by atoms with Gasteiger partial charge in [-0.25, -0.2) is 0 Å². The van der Waals surface area contributed by atoms with Gasteiger partial charge in [0.1, 0.15) is 17.2 Å². The third kappa shape index (κ3) is 3.47. The minimum atomic E-state index is -0.126. The van der Waals surface area contributed by atoms with Crippen LogP contribution in [0.3, 0.4) is 0 Å². The third-order valence-corrected chi connectivity index (χ3v) is 5.50. The molecule has 1 amide bonds. The fourth-order valence-corrected chi connectivity index (χ4v) is 3.74. The van der Waals surface area contributed by atoms with Gasteiger partial charge in [-0.3, -0.25) is 9.89 Å². The van der Waals surface area contributed by atoms with E-state index in [0.29, 0.717) is 47.7 Å². The SMILES string of the molecule is COc1ccccc1-c1cc(C(=O)N2CC(c3nc(-c4ccccc4OC)no3)C2)[nH]n1. The van der Waals surface area contributed by atoms with E-state index in [9.17, 15) is 4.79 Å². The molecule has 2 aromatic heterocycles. The van der Waals surface area contributed by atoms with Crippen molar-refractivity contribution in [1.82, 2.24) is 25.2 Å². The molecule has 0 aliphatic carbocycles. The van der Waals surface area contributed by atoms with E-state index in [-0.39, 0.29) is 11.8 Å². The smallest absolute Gasteiger partial charge is 0.271 e. The lowest BCUT2D eigenvalue weighted by atomic mass is 9.99. The highest BCUT2D eigenvalue weighted by atomic mass is 16.5. The Bertz CT molecular complexity index is 1260. The minimum absolute atomic E-state index is 0.00786. The molecule has 0 bridgehead atoms. The number of ether oxygens (including phenoxy) is 2. The molecule has 32 heavy (non-hydrogen) atoms. The molecule has 1 aliphatic rings. The van der Waals surface area contributed by atoms with Crippen LogP contribution in [0.5, 0.6) is 11.5 Å². The number of carbonyl (C=O) groups is 1. The van der Waals surface area contributed by atoms with Gasteiger partial charge in [0.25, 0.3) is 5.91 Å². The van der Waals surface area contributed by atoms with E-state index in [0.717, 1.165) is 11.1 Å². The summed E-state index contributed by atoms with van der Waals surface area (Å²) in [5, 5.41) is 11.2. The first-order valence-electron chi connectivity index (χ1n) is 10.1. The van der Waals surface area contributed by atoms with Gasteiger partial charge < -0.3 is 18.9 Å². The largest absolute Gasteiger partial charge is 0.496 e. The third-order valence-electron chi connectivity index (χ3n) is 5.50. The Hall–Kier alpha value is -4.14. The number of likely N-dealkylation sites (tertiary alicyclic amines) is 1. The lowest BCUT2D eigenvalue weighted by Gasteiger charge is -2.36. The molecule has 0 spiro atoms. The number of amides is 1. The first-order valence-corrected chi connectivity index (χ1v) is 10.1. The number of H-pyrrole nitrogens is 1. The van der Waals surface area contributed by atoms with Gasteiger partial charge in [-0.15, -0.1) is 0 Å². The van der Waals surface area contributed by atoms with Gasteiger partial charge in [0.05, 0.1) is 31.4 Å². The standard InChI is InChI=1S/C23H21N5O4/c1-30-19-9-5-3-7-15(19)17-11-18(26-25-17)23(29)28-12-14(13-28)22-24-21(27-32-22)16-8-4-6-10-20(16)31-2/h3-11,14H,12-13H2,1-2H3,(H,25,26). The van der Waals surface area contributed by atoms with E-state index >= 15 is 0 Å². The van der Waals surface area contributed by atoms with Crippen molar-refractivity contribution in [3.63, 3.8) is 0 Å². The maximum absolute atomic E-state index is 12.9. The van der Waals surface area contributed by atoms with Crippen molar-refractivity contribution in [2.24, 2.45) is 0 Å². The van der Waals surface area contributed by atoms with Crippen molar-refractivity contribution in [2.75, 3.05) is 27.3 Å². The lowest BCUT2D eigenvalue weighted by molar-refractivity contribution is 0.0563. The second-order valence-electron chi connectivity index (χ2n) is 7.43. The molecule has 162 valence electrons. The summed E-state index contributed by atoms with van der Waals surface area (Å²) >= 11 is 0. The molecule has 0 saturated carbocycles. The Balaban J connectivity index is 1.26. The predicted octanol–water partition coefficient (Wildman–Crippen LogP) is 3.38. The Kier molecular flexibility index (Phi) is 5.06. The summed E-state index contributed by atoms with van der Waals surface area (Å²) in [4.78, 5) is 19.1. The van der Waals surface area contributed by atoms with Gasteiger partial charge in [-0.2, -0.15) is 10.1 Å². The molecule has 3 heterocycles. The maximum atomic E-state index is 12.9. The zero-order chi connectivity index (χ0) is 22.1. The van der Waals surface area contributed by atoms with Gasteiger partial charge in [0.15, 0.2) is 0 Å². The number of hydrogen-bond donors (Lipinski definition) is 1.